The van der Waals surface area contributed by atoms with E-state index in [1.54, 1.807) is 6.08 Å². The summed E-state index contributed by atoms with van der Waals surface area (Å²) >= 11 is 3.67. The van der Waals surface area contributed by atoms with Gasteiger partial charge in [-0.3, -0.25) is 0 Å². The molecule has 2 heteroatoms. The first-order valence-electron chi connectivity index (χ1n) is 7.48. The van der Waals surface area contributed by atoms with Gasteiger partial charge in [0.2, 0.25) is 0 Å². The molecule has 0 amide bonds. The summed E-state index contributed by atoms with van der Waals surface area (Å²) in [6.45, 7) is 13.0. The maximum Gasteiger partial charge on any atom is 0.131 e. The Morgan fingerprint density at radius 3 is 2.50 bits per heavy atom. The van der Waals surface area contributed by atoms with Crippen LogP contribution in [0.2, 0.25) is 0 Å². The van der Waals surface area contributed by atoms with Crippen molar-refractivity contribution < 1.29 is 4.74 Å². The summed E-state index contributed by atoms with van der Waals surface area (Å²) in [4.78, 5) is 0. The molecule has 1 nitrogen and oxygen atoms in total. The second kappa shape index (κ2) is 6.70. The number of aryl methyl sites for hydroxylation is 1. The van der Waals surface area contributed by atoms with Crippen molar-refractivity contribution in [3.05, 3.63) is 64.7 Å². The Morgan fingerprint density at radius 2 is 1.86 bits per heavy atom. The van der Waals surface area contributed by atoms with Gasteiger partial charge in [0.1, 0.15) is 12.4 Å². The topological polar surface area (TPSA) is 9.23 Å². The Morgan fingerprint density at radius 1 is 1.14 bits per heavy atom. The minimum Gasteiger partial charge on any atom is -0.489 e. The minimum absolute atomic E-state index is 0.0167. The zero-order valence-corrected chi connectivity index (χ0v) is 15.3. The van der Waals surface area contributed by atoms with Gasteiger partial charge >= 0.3 is 0 Å². The van der Waals surface area contributed by atoms with Crippen molar-refractivity contribution in [1.82, 2.24) is 0 Å². The molecule has 0 aliphatic heterocycles. The minimum atomic E-state index is 0.0167. The van der Waals surface area contributed by atoms with Gasteiger partial charge in [0, 0.05) is 15.6 Å². The van der Waals surface area contributed by atoms with Crippen LogP contribution in [0.4, 0.5) is 0 Å². The fourth-order valence-corrected chi connectivity index (χ4v) is 2.94. The first-order chi connectivity index (χ1) is 10.3. The summed E-state index contributed by atoms with van der Waals surface area (Å²) < 4.78 is 7.13. The number of halogens is 1. The molecular formula is C20H23BrO. The Labute approximate surface area is 142 Å². The number of hydrogen-bond acceptors (Lipinski definition) is 1. The zero-order chi connectivity index (χ0) is 16.3. The molecule has 0 aromatic heterocycles. The molecule has 2 rings (SSSR count). The Kier molecular flexibility index (Phi) is 5.12. The molecule has 2 aromatic rings. The number of ether oxygens (including phenoxy) is 1. The quantitative estimate of drug-likeness (QED) is 0.583. The molecular weight excluding hydrogens is 336 g/mol. The third-order valence-corrected chi connectivity index (χ3v) is 4.27. The van der Waals surface area contributed by atoms with Gasteiger partial charge in [-0.15, -0.1) is 0 Å². The molecule has 0 radical (unpaired) electrons. The van der Waals surface area contributed by atoms with Gasteiger partial charge in [-0.2, -0.15) is 0 Å². The van der Waals surface area contributed by atoms with Crippen LogP contribution in [-0.4, -0.2) is 6.61 Å². The van der Waals surface area contributed by atoms with Gasteiger partial charge < -0.3 is 4.74 Å². The van der Waals surface area contributed by atoms with Crippen LogP contribution in [0.3, 0.4) is 0 Å². The van der Waals surface area contributed by atoms with E-state index in [2.05, 4.69) is 86.6 Å². The standard InChI is InChI=1S/C20H23BrO/c1-6-12-22-19-15(8-7-9-17(19)20(3,4)5)16-13-14(2)10-11-18(16)21/h6-11,13H,1,12H2,2-5H3. The second-order valence-electron chi connectivity index (χ2n) is 6.52. The van der Waals surface area contributed by atoms with E-state index < -0.39 is 0 Å². The van der Waals surface area contributed by atoms with Crippen LogP contribution < -0.4 is 4.74 Å². The van der Waals surface area contributed by atoms with Crippen LogP contribution in [0.15, 0.2) is 53.5 Å². The van der Waals surface area contributed by atoms with Gasteiger partial charge in [-0.05, 0) is 24.0 Å². The molecule has 0 saturated heterocycles. The summed E-state index contributed by atoms with van der Waals surface area (Å²) in [6.07, 6.45) is 1.79. The normalized spacial score (nSPS) is 11.3. The largest absolute Gasteiger partial charge is 0.489 e. The van der Waals surface area contributed by atoms with E-state index in [0.717, 1.165) is 21.3 Å². The summed E-state index contributed by atoms with van der Waals surface area (Å²) in [5, 5.41) is 0. The monoisotopic (exact) mass is 358 g/mol. The molecule has 0 heterocycles. The molecule has 116 valence electrons. The van der Waals surface area contributed by atoms with E-state index in [9.17, 15) is 0 Å². The van der Waals surface area contributed by atoms with Gasteiger partial charge in [-0.1, -0.05) is 85.3 Å². The number of rotatable bonds is 4. The third-order valence-electron chi connectivity index (χ3n) is 3.58. The number of para-hydroxylation sites is 1. The Bertz CT molecular complexity index is 681. The highest BCUT2D eigenvalue weighted by molar-refractivity contribution is 9.10. The van der Waals surface area contributed by atoms with Crippen LogP contribution in [-0.2, 0) is 5.41 Å². The summed E-state index contributed by atoms with van der Waals surface area (Å²) in [5.74, 6) is 0.946. The molecule has 0 bridgehead atoms. The number of benzene rings is 2. The zero-order valence-electron chi connectivity index (χ0n) is 13.7. The van der Waals surface area contributed by atoms with E-state index in [1.807, 2.05) is 0 Å². The molecule has 0 aliphatic rings. The average molecular weight is 359 g/mol. The molecule has 0 aliphatic carbocycles. The first-order valence-corrected chi connectivity index (χ1v) is 8.27. The van der Waals surface area contributed by atoms with E-state index in [0.29, 0.717) is 6.61 Å². The molecule has 0 saturated carbocycles. The van der Waals surface area contributed by atoms with E-state index in [-0.39, 0.29) is 5.41 Å². The fourth-order valence-electron chi connectivity index (χ4n) is 2.48. The Hall–Kier alpha value is -1.54. The maximum atomic E-state index is 6.05. The van der Waals surface area contributed by atoms with Crippen LogP contribution in [0.1, 0.15) is 31.9 Å². The first kappa shape index (κ1) is 16.8. The van der Waals surface area contributed by atoms with Gasteiger partial charge in [-0.25, -0.2) is 0 Å². The lowest BCUT2D eigenvalue weighted by Crippen LogP contribution is -2.14. The van der Waals surface area contributed by atoms with E-state index in [4.69, 9.17) is 4.74 Å². The predicted octanol–water partition coefficient (Wildman–Crippen LogP) is 6.29. The van der Waals surface area contributed by atoms with Gasteiger partial charge in [0.15, 0.2) is 0 Å². The lowest BCUT2D eigenvalue weighted by atomic mass is 9.84. The molecule has 0 N–H and O–H groups in total. The van der Waals surface area contributed by atoms with Crippen molar-refractivity contribution in [2.75, 3.05) is 6.61 Å². The molecule has 22 heavy (non-hydrogen) atoms. The average Bonchev–Trinajstić information content (AvgIpc) is 2.46. The maximum absolute atomic E-state index is 6.05. The highest BCUT2D eigenvalue weighted by Gasteiger charge is 2.22. The lowest BCUT2D eigenvalue weighted by molar-refractivity contribution is 0.352. The summed E-state index contributed by atoms with van der Waals surface area (Å²) in [7, 11) is 0. The van der Waals surface area contributed by atoms with E-state index in [1.165, 1.54) is 11.1 Å². The number of hydrogen-bond donors (Lipinski definition) is 0. The van der Waals surface area contributed by atoms with Crippen molar-refractivity contribution in [3.63, 3.8) is 0 Å². The van der Waals surface area contributed by atoms with Crippen LogP contribution in [0.5, 0.6) is 5.75 Å². The van der Waals surface area contributed by atoms with Gasteiger partial charge in [0.05, 0.1) is 0 Å². The van der Waals surface area contributed by atoms with Crippen molar-refractivity contribution in [3.8, 4) is 16.9 Å². The predicted molar refractivity (Wildman–Crippen MR) is 98.7 cm³/mol. The highest BCUT2D eigenvalue weighted by Crippen LogP contribution is 2.41. The molecule has 2 aromatic carbocycles. The molecule has 0 atom stereocenters. The molecule has 0 unspecified atom stereocenters. The van der Waals surface area contributed by atoms with Crippen LogP contribution in [0, 0.1) is 6.92 Å². The van der Waals surface area contributed by atoms with Crippen molar-refractivity contribution in [2.24, 2.45) is 0 Å². The summed E-state index contributed by atoms with van der Waals surface area (Å²) in [6, 6.07) is 12.7. The van der Waals surface area contributed by atoms with Crippen molar-refractivity contribution >= 4 is 15.9 Å². The van der Waals surface area contributed by atoms with E-state index >= 15 is 0 Å². The van der Waals surface area contributed by atoms with Crippen molar-refractivity contribution in [1.29, 1.82) is 0 Å². The van der Waals surface area contributed by atoms with Gasteiger partial charge in [0.25, 0.3) is 0 Å². The smallest absolute Gasteiger partial charge is 0.131 e. The lowest BCUT2D eigenvalue weighted by Gasteiger charge is -2.25. The van der Waals surface area contributed by atoms with Crippen LogP contribution >= 0.6 is 15.9 Å². The highest BCUT2D eigenvalue weighted by atomic mass is 79.9. The van der Waals surface area contributed by atoms with Crippen LogP contribution in [0.25, 0.3) is 11.1 Å². The molecule has 0 spiro atoms. The Balaban J connectivity index is 2.69. The third kappa shape index (κ3) is 3.61. The SMILES string of the molecule is C=CCOc1c(-c2cc(C)ccc2Br)cccc1C(C)(C)C. The second-order valence-corrected chi connectivity index (χ2v) is 7.37. The molecule has 0 fully saturated rings. The van der Waals surface area contributed by atoms with Crippen molar-refractivity contribution in [2.45, 2.75) is 33.1 Å². The summed E-state index contributed by atoms with van der Waals surface area (Å²) in [5.41, 5.74) is 4.73. The fraction of sp³-hybridized carbons (Fsp3) is 0.300.